The van der Waals surface area contributed by atoms with Crippen LogP contribution < -0.4 is 10.6 Å². The minimum atomic E-state index is -0.319. The molecule has 0 radical (unpaired) electrons. The molecule has 0 bridgehead atoms. The number of carbonyl (C=O) groups is 2. The number of hydrogen-bond donors (Lipinski definition) is 2. The zero-order valence-electron chi connectivity index (χ0n) is 19.2. The van der Waals surface area contributed by atoms with Crippen LogP contribution >= 0.6 is 46.3 Å². The van der Waals surface area contributed by atoms with Gasteiger partial charge in [-0.3, -0.25) is 9.59 Å². The van der Waals surface area contributed by atoms with Crippen LogP contribution in [0.4, 0.5) is 11.4 Å². The molecule has 0 aliphatic rings. The Labute approximate surface area is 222 Å². The molecule has 0 saturated carbocycles. The van der Waals surface area contributed by atoms with E-state index in [9.17, 15) is 9.59 Å². The highest BCUT2D eigenvalue weighted by Crippen LogP contribution is 2.32. The van der Waals surface area contributed by atoms with Crippen molar-refractivity contribution in [2.75, 3.05) is 16.4 Å². The number of halogens is 2. The summed E-state index contributed by atoms with van der Waals surface area (Å²) in [6.07, 6.45) is 1.72. The van der Waals surface area contributed by atoms with E-state index in [-0.39, 0.29) is 17.6 Å². The van der Waals surface area contributed by atoms with Crippen molar-refractivity contribution in [2.45, 2.75) is 31.0 Å². The molecule has 4 aromatic rings. The Bertz CT molecular complexity index is 1380. The lowest BCUT2D eigenvalue weighted by molar-refractivity contribution is -0.113. The molecular weight excluding hydrogens is 521 g/mol. The molecule has 1 heterocycles. The standard InChI is InChI=1S/C26H23Cl2N3O2S2/c1-3-15-6-5-7-16(4-2)24(15)31-23(32)14-34-26-30-21-11-9-18(13-22(21)35-26)29-25(33)19-10-8-17(27)12-20(19)28/h5-13H,3-4,14H2,1-2H3,(H,29,33)(H,31,32). The second-order valence-electron chi connectivity index (χ2n) is 7.74. The van der Waals surface area contributed by atoms with Crippen LogP contribution in [-0.2, 0) is 17.6 Å². The molecule has 4 rings (SSSR count). The zero-order valence-corrected chi connectivity index (χ0v) is 22.3. The van der Waals surface area contributed by atoms with Gasteiger partial charge in [-0.15, -0.1) is 11.3 Å². The molecule has 0 spiro atoms. The van der Waals surface area contributed by atoms with Gasteiger partial charge in [0.1, 0.15) is 0 Å². The molecule has 2 N–H and O–H groups in total. The van der Waals surface area contributed by atoms with Crippen LogP contribution in [-0.4, -0.2) is 22.6 Å². The fourth-order valence-electron chi connectivity index (χ4n) is 3.62. The number of benzene rings is 3. The minimum Gasteiger partial charge on any atom is -0.325 e. The van der Waals surface area contributed by atoms with Gasteiger partial charge < -0.3 is 10.6 Å². The summed E-state index contributed by atoms with van der Waals surface area (Å²) >= 11 is 14.9. The van der Waals surface area contributed by atoms with Gasteiger partial charge in [0, 0.05) is 16.4 Å². The summed E-state index contributed by atoms with van der Waals surface area (Å²) in [4.78, 5) is 29.9. The van der Waals surface area contributed by atoms with E-state index < -0.39 is 0 Å². The lowest BCUT2D eigenvalue weighted by atomic mass is 10.0. The number of nitrogens with zero attached hydrogens (tertiary/aromatic N) is 1. The smallest absolute Gasteiger partial charge is 0.257 e. The van der Waals surface area contributed by atoms with Gasteiger partial charge in [-0.2, -0.15) is 0 Å². The molecule has 0 aliphatic heterocycles. The summed E-state index contributed by atoms with van der Waals surface area (Å²) in [5.41, 5.74) is 4.99. The molecule has 0 saturated heterocycles. The second kappa shape index (κ2) is 11.4. The van der Waals surface area contributed by atoms with E-state index in [4.69, 9.17) is 23.2 Å². The van der Waals surface area contributed by atoms with Crippen LogP contribution in [0.1, 0.15) is 35.3 Å². The number of aryl methyl sites for hydroxylation is 2. The predicted molar refractivity (Wildman–Crippen MR) is 149 cm³/mol. The first-order valence-electron chi connectivity index (χ1n) is 11.1. The minimum absolute atomic E-state index is 0.0577. The Kier molecular flexibility index (Phi) is 8.34. The molecule has 35 heavy (non-hydrogen) atoms. The molecule has 0 aliphatic carbocycles. The Morgan fingerprint density at radius 1 is 0.971 bits per heavy atom. The largest absolute Gasteiger partial charge is 0.325 e. The maximum Gasteiger partial charge on any atom is 0.257 e. The van der Waals surface area contributed by atoms with E-state index in [1.807, 2.05) is 30.3 Å². The summed E-state index contributed by atoms with van der Waals surface area (Å²) in [7, 11) is 0. The summed E-state index contributed by atoms with van der Waals surface area (Å²) < 4.78 is 1.70. The number of thioether (sulfide) groups is 1. The van der Waals surface area contributed by atoms with Crippen LogP contribution in [0.2, 0.25) is 10.0 Å². The van der Waals surface area contributed by atoms with Crippen LogP contribution in [0.3, 0.4) is 0 Å². The average Bonchev–Trinajstić information content (AvgIpc) is 3.25. The molecule has 0 atom stereocenters. The van der Waals surface area contributed by atoms with Gasteiger partial charge in [0.25, 0.3) is 5.91 Å². The van der Waals surface area contributed by atoms with E-state index in [1.54, 1.807) is 18.2 Å². The van der Waals surface area contributed by atoms with Crippen molar-refractivity contribution >= 4 is 79.7 Å². The zero-order chi connectivity index (χ0) is 24.9. The van der Waals surface area contributed by atoms with Crippen LogP contribution in [0.25, 0.3) is 10.2 Å². The van der Waals surface area contributed by atoms with E-state index >= 15 is 0 Å². The Hall–Kier alpha value is -2.58. The average molecular weight is 545 g/mol. The maximum atomic E-state index is 12.7. The third-order valence-corrected chi connectivity index (χ3v) is 8.10. The molecule has 1 aromatic heterocycles. The lowest BCUT2D eigenvalue weighted by Crippen LogP contribution is -2.16. The van der Waals surface area contributed by atoms with Gasteiger partial charge in [0.15, 0.2) is 4.34 Å². The number of amides is 2. The van der Waals surface area contributed by atoms with Gasteiger partial charge in [0.05, 0.1) is 26.6 Å². The first-order chi connectivity index (χ1) is 16.9. The quantitative estimate of drug-likeness (QED) is 0.223. The predicted octanol–water partition coefficient (Wildman–Crippen LogP) is 7.71. The Morgan fingerprint density at radius 2 is 1.71 bits per heavy atom. The second-order valence-corrected chi connectivity index (χ2v) is 10.8. The van der Waals surface area contributed by atoms with Gasteiger partial charge in [-0.25, -0.2) is 4.98 Å². The molecule has 3 aromatic carbocycles. The van der Waals surface area contributed by atoms with E-state index in [0.29, 0.717) is 21.3 Å². The monoisotopic (exact) mass is 543 g/mol. The first kappa shape index (κ1) is 25.5. The molecule has 2 amide bonds. The van der Waals surface area contributed by atoms with E-state index in [0.717, 1.165) is 44.2 Å². The van der Waals surface area contributed by atoms with Crippen LogP contribution in [0, 0.1) is 0 Å². The molecule has 5 nitrogen and oxygen atoms in total. The number of rotatable bonds is 8. The molecule has 0 fully saturated rings. The van der Waals surface area contributed by atoms with E-state index in [2.05, 4.69) is 29.5 Å². The number of fused-ring (bicyclic) bond motifs is 1. The summed E-state index contributed by atoms with van der Waals surface area (Å²) in [5, 5.41) is 6.71. The fraction of sp³-hybridized carbons (Fsp3) is 0.192. The molecule has 180 valence electrons. The molecular formula is C26H23Cl2N3O2S2. The van der Waals surface area contributed by atoms with Gasteiger partial charge in [-0.1, -0.05) is 67.0 Å². The third-order valence-electron chi connectivity index (χ3n) is 5.39. The summed E-state index contributed by atoms with van der Waals surface area (Å²) in [6.45, 7) is 4.17. The van der Waals surface area contributed by atoms with Crippen molar-refractivity contribution in [3.8, 4) is 0 Å². The fourth-order valence-corrected chi connectivity index (χ4v) is 6.02. The van der Waals surface area contributed by atoms with Crippen molar-refractivity contribution in [1.82, 2.24) is 4.98 Å². The van der Waals surface area contributed by atoms with Gasteiger partial charge >= 0.3 is 0 Å². The molecule has 0 unspecified atom stereocenters. The van der Waals surface area contributed by atoms with Gasteiger partial charge in [0.2, 0.25) is 5.91 Å². The van der Waals surface area contributed by atoms with E-state index in [1.165, 1.54) is 29.2 Å². The molecule has 9 heteroatoms. The SMILES string of the molecule is CCc1cccc(CC)c1NC(=O)CSc1nc2ccc(NC(=O)c3ccc(Cl)cc3Cl)cc2s1. The van der Waals surface area contributed by atoms with Crippen molar-refractivity contribution < 1.29 is 9.59 Å². The lowest BCUT2D eigenvalue weighted by Gasteiger charge is -2.14. The topological polar surface area (TPSA) is 71.1 Å². The first-order valence-corrected chi connectivity index (χ1v) is 13.6. The number of carbonyl (C=O) groups excluding carboxylic acids is 2. The number of thiazole rings is 1. The number of hydrogen-bond acceptors (Lipinski definition) is 5. The number of para-hydroxylation sites is 1. The Morgan fingerprint density at radius 3 is 2.40 bits per heavy atom. The third kappa shape index (κ3) is 6.16. The van der Waals surface area contributed by atoms with Crippen molar-refractivity contribution in [3.63, 3.8) is 0 Å². The highest BCUT2D eigenvalue weighted by atomic mass is 35.5. The number of nitrogens with one attached hydrogen (secondary N) is 2. The summed E-state index contributed by atoms with van der Waals surface area (Å²) in [6, 6.07) is 16.4. The normalized spacial score (nSPS) is 11.0. The number of anilines is 2. The van der Waals surface area contributed by atoms with Gasteiger partial charge in [-0.05, 0) is 60.4 Å². The highest BCUT2D eigenvalue weighted by Gasteiger charge is 2.14. The number of aromatic nitrogens is 1. The van der Waals surface area contributed by atoms with Crippen LogP contribution in [0.15, 0.2) is 58.9 Å². The van der Waals surface area contributed by atoms with Crippen LogP contribution in [0.5, 0.6) is 0 Å². The van der Waals surface area contributed by atoms with Crippen molar-refractivity contribution in [2.24, 2.45) is 0 Å². The summed E-state index contributed by atoms with van der Waals surface area (Å²) in [5.74, 6) is -0.113. The van der Waals surface area contributed by atoms with Crippen molar-refractivity contribution in [1.29, 1.82) is 0 Å². The highest BCUT2D eigenvalue weighted by molar-refractivity contribution is 8.01. The Balaban J connectivity index is 1.42. The maximum absolute atomic E-state index is 12.7. The van der Waals surface area contributed by atoms with Crippen molar-refractivity contribution in [3.05, 3.63) is 81.3 Å².